The van der Waals surface area contributed by atoms with Crippen LogP contribution in [0.2, 0.25) is 0 Å². The van der Waals surface area contributed by atoms with Crippen LogP contribution in [0.15, 0.2) is 54.1 Å². The van der Waals surface area contributed by atoms with E-state index in [-0.39, 0.29) is 54.2 Å². The number of nitrogens with zero attached hydrogens (tertiary/aromatic N) is 3. The van der Waals surface area contributed by atoms with Crippen molar-refractivity contribution >= 4 is 61.1 Å². The number of anilines is 1. The van der Waals surface area contributed by atoms with Gasteiger partial charge in [0.15, 0.2) is 4.96 Å². The van der Waals surface area contributed by atoms with Crippen molar-refractivity contribution < 1.29 is 24.0 Å². The number of ketones is 1. The topological polar surface area (TPSA) is 173 Å². The Morgan fingerprint density at radius 2 is 1.75 bits per heavy atom. The summed E-state index contributed by atoms with van der Waals surface area (Å²) in [5, 5.41) is 12.9. The molecule has 0 aromatic carbocycles. The van der Waals surface area contributed by atoms with Crippen molar-refractivity contribution in [3.05, 3.63) is 65.3 Å². The van der Waals surface area contributed by atoms with E-state index in [0.29, 0.717) is 24.4 Å². The molecular formula is C37H58N7O6PS. The summed E-state index contributed by atoms with van der Waals surface area (Å²) in [6.07, 6.45) is 14.2. The van der Waals surface area contributed by atoms with Gasteiger partial charge in [-0.1, -0.05) is 53.1 Å². The first-order valence-electron chi connectivity index (χ1n) is 17.9. The summed E-state index contributed by atoms with van der Waals surface area (Å²) in [6, 6.07) is 3.19. The molecule has 0 aliphatic heterocycles. The first kappa shape index (κ1) is 45.9. The first-order valence-corrected chi connectivity index (χ1v) is 20.0. The maximum atomic E-state index is 12.3. The van der Waals surface area contributed by atoms with E-state index in [4.69, 9.17) is 0 Å². The zero-order chi connectivity index (χ0) is 39.1. The highest BCUT2D eigenvalue weighted by atomic mass is 32.1. The fourth-order valence-electron chi connectivity index (χ4n) is 5.86. The molecule has 4 rings (SSSR count). The van der Waals surface area contributed by atoms with E-state index in [2.05, 4.69) is 69.4 Å². The third kappa shape index (κ3) is 15.2. The smallest absolute Gasteiger partial charge is 0.287 e. The number of carbonyl (C=O) groups is 5. The summed E-state index contributed by atoms with van der Waals surface area (Å²) in [6.45, 7) is 16.0. The van der Waals surface area contributed by atoms with E-state index in [9.17, 15) is 28.8 Å². The first-order chi connectivity index (χ1) is 25.1. The van der Waals surface area contributed by atoms with Crippen molar-refractivity contribution in [2.75, 3.05) is 12.0 Å². The molecule has 4 atom stereocenters. The van der Waals surface area contributed by atoms with Crippen LogP contribution in [0.5, 0.6) is 0 Å². The minimum absolute atomic E-state index is 0.0493. The number of fused-ring (bicyclic) bond motifs is 1. The molecule has 1 fully saturated rings. The lowest BCUT2D eigenvalue weighted by Gasteiger charge is -2.26. The lowest BCUT2D eigenvalue weighted by Crippen LogP contribution is -2.42. The zero-order valence-corrected chi connectivity index (χ0v) is 33.3. The SMILES string of the molecule is C=C.CC(CCC(=O)C(=O)NC1CCCC1)NC(=O)c1cn2ccsc2n1.CCCC(CC)C(CC)NC(=O)Cn1cccc(NC=O)c1=O.CP. The van der Waals surface area contributed by atoms with Crippen LogP contribution in [0.4, 0.5) is 5.69 Å². The monoisotopic (exact) mass is 759 g/mol. The summed E-state index contributed by atoms with van der Waals surface area (Å²) < 4.78 is 3.09. The lowest BCUT2D eigenvalue weighted by atomic mass is 9.90. The number of imidazole rings is 1. The number of amides is 4. The molecule has 4 amide bonds. The molecule has 3 aromatic heterocycles. The van der Waals surface area contributed by atoms with Crippen molar-refractivity contribution in [3.8, 4) is 0 Å². The molecule has 0 bridgehead atoms. The molecule has 0 spiro atoms. The number of aromatic nitrogens is 3. The summed E-state index contributed by atoms with van der Waals surface area (Å²) >= 11 is 1.46. The Kier molecular flexibility index (Phi) is 22.7. The van der Waals surface area contributed by atoms with Gasteiger partial charge >= 0.3 is 0 Å². The predicted octanol–water partition coefficient (Wildman–Crippen LogP) is 5.35. The Hall–Kier alpha value is -4.16. The molecule has 4 unspecified atom stereocenters. The second-order valence-electron chi connectivity index (χ2n) is 12.2. The molecule has 15 heteroatoms. The molecule has 0 radical (unpaired) electrons. The number of Topliss-reactive ketones (excluding diaryl/α,β-unsaturated/α-hetero) is 1. The van der Waals surface area contributed by atoms with Gasteiger partial charge in [-0.15, -0.1) is 33.7 Å². The van der Waals surface area contributed by atoms with Gasteiger partial charge < -0.3 is 25.8 Å². The van der Waals surface area contributed by atoms with Crippen LogP contribution < -0.4 is 26.8 Å². The van der Waals surface area contributed by atoms with Gasteiger partial charge in [0.05, 0.1) is 0 Å². The molecule has 288 valence electrons. The van der Waals surface area contributed by atoms with Crippen molar-refractivity contribution in [1.82, 2.24) is 29.9 Å². The van der Waals surface area contributed by atoms with Gasteiger partial charge in [-0.3, -0.25) is 33.2 Å². The Morgan fingerprint density at radius 1 is 1.06 bits per heavy atom. The fraction of sp³-hybridized carbons (Fsp3) is 0.541. The standard InChI is InChI=1S/C17H22N4O3S.C17H27N3O3.C2H4.CH5P/c1-11(6-7-14(22)16(24)19-12-4-2-3-5-12)18-15(23)13-10-21-8-9-25-17(21)20-13;1-4-8-13(5-2)14(6-3)19-16(22)11-20-10-7-9-15(17(20)23)18-12-21;2*1-2/h8-12H,2-7H2,1H3,(H,18,23)(H,19,24);7,9-10,12-14H,4-6,8,11H2,1-3H3,(H,18,21)(H,19,22);1-2H2;2H2,1H3. The largest absolute Gasteiger partial charge is 0.352 e. The highest BCUT2D eigenvalue weighted by molar-refractivity contribution is 7.15. The predicted molar refractivity (Wildman–Crippen MR) is 213 cm³/mol. The van der Waals surface area contributed by atoms with E-state index < -0.39 is 11.7 Å². The zero-order valence-electron chi connectivity index (χ0n) is 31.3. The third-order valence-electron chi connectivity index (χ3n) is 8.54. The van der Waals surface area contributed by atoms with Crippen LogP contribution in [-0.4, -0.2) is 68.7 Å². The Morgan fingerprint density at radius 3 is 2.35 bits per heavy atom. The molecule has 4 N–H and O–H groups in total. The Labute approximate surface area is 314 Å². The molecule has 0 saturated heterocycles. The summed E-state index contributed by atoms with van der Waals surface area (Å²) in [5.41, 5.74) is 0.132. The van der Waals surface area contributed by atoms with Crippen molar-refractivity contribution in [1.29, 1.82) is 0 Å². The summed E-state index contributed by atoms with van der Waals surface area (Å²) in [7, 11) is 2.42. The number of hydrogen-bond donors (Lipinski definition) is 4. The number of thiazole rings is 1. The van der Waals surface area contributed by atoms with Crippen molar-refractivity contribution in [2.24, 2.45) is 5.92 Å². The molecule has 13 nitrogen and oxygen atoms in total. The second-order valence-corrected chi connectivity index (χ2v) is 13.0. The molecular weight excluding hydrogens is 701 g/mol. The van der Waals surface area contributed by atoms with Crippen LogP contribution in [0.3, 0.4) is 0 Å². The summed E-state index contributed by atoms with van der Waals surface area (Å²) in [5.74, 6) is -0.924. The van der Waals surface area contributed by atoms with Crippen molar-refractivity contribution in [2.45, 2.75) is 117 Å². The van der Waals surface area contributed by atoms with E-state index >= 15 is 0 Å². The molecule has 1 aliphatic carbocycles. The molecule has 52 heavy (non-hydrogen) atoms. The van der Waals surface area contributed by atoms with E-state index in [0.717, 1.165) is 56.3 Å². The van der Waals surface area contributed by atoms with Crippen LogP contribution in [-0.2, 0) is 25.7 Å². The van der Waals surface area contributed by atoms with Gasteiger partial charge in [-0.25, -0.2) is 4.98 Å². The average Bonchev–Trinajstić information content (AvgIpc) is 3.92. The van der Waals surface area contributed by atoms with Crippen molar-refractivity contribution in [3.63, 3.8) is 0 Å². The number of carbonyl (C=O) groups excluding carboxylic acids is 5. The van der Waals surface area contributed by atoms with Gasteiger partial charge in [-0.2, -0.15) is 0 Å². The highest BCUT2D eigenvalue weighted by Gasteiger charge is 2.23. The molecule has 3 aromatic rings. The van der Waals surface area contributed by atoms with Crippen LogP contribution in [0, 0.1) is 5.92 Å². The second kappa shape index (κ2) is 25.7. The van der Waals surface area contributed by atoms with Gasteiger partial charge in [0.1, 0.15) is 17.9 Å². The van der Waals surface area contributed by atoms with Crippen LogP contribution in [0.25, 0.3) is 4.96 Å². The van der Waals surface area contributed by atoms with Crippen LogP contribution >= 0.6 is 20.6 Å². The maximum Gasteiger partial charge on any atom is 0.287 e. The highest BCUT2D eigenvalue weighted by Crippen LogP contribution is 2.19. The maximum absolute atomic E-state index is 12.3. The number of pyridine rings is 1. The minimum atomic E-state index is -0.500. The lowest BCUT2D eigenvalue weighted by molar-refractivity contribution is -0.138. The molecule has 1 aliphatic rings. The number of rotatable bonds is 17. The van der Waals surface area contributed by atoms with E-state index in [1.165, 1.54) is 22.0 Å². The molecule has 1 saturated carbocycles. The van der Waals surface area contributed by atoms with Gasteiger partial charge in [0.2, 0.25) is 18.1 Å². The van der Waals surface area contributed by atoms with E-state index in [1.807, 2.05) is 25.2 Å². The Balaban J connectivity index is 0.000000477. The minimum Gasteiger partial charge on any atom is -0.352 e. The Bertz CT molecular complexity index is 1570. The van der Waals surface area contributed by atoms with E-state index in [1.54, 1.807) is 22.9 Å². The molecule has 3 heterocycles. The fourth-order valence-corrected chi connectivity index (χ4v) is 6.56. The number of hydrogen-bond acceptors (Lipinski definition) is 8. The normalized spacial score (nSPS) is 13.7. The summed E-state index contributed by atoms with van der Waals surface area (Å²) in [4.78, 5) is 75.8. The van der Waals surface area contributed by atoms with Gasteiger partial charge in [-0.05, 0) is 57.1 Å². The third-order valence-corrected chi connectivity index (χ3v) is 9.31. The quantitative estimate of drug-likeness (QED) is 0.0622. The van der Waals surface area contributed by atoms with Crippen LogP contribution in [0.1, 0.15) is 102 Å². The number of nitrogens with one attached hydrogen (secondary N) is 4. The van der Waals surface area contributed by atoms with Gasteiger partial charge in [0, 0.05) is 48.5 Å². The van der Waals surface area contributed by atoms with Gasteiger partial charge in [0.25, 0.3) is 17.4 Å². The average molecular weight is 760 g/mol.